The zero-order valence-electron chi connectivity index (χ0n) is 13.8. The number of aromatic nitrogens is 1. The summed E-state index contributed by atoms with van der Waals surface area (Å²) in [6.07, 6.45) is 4.03. The Morgan fingerprint density at radius 3 is 2.41 bits per heavy atom. The van der Waals surface area contributed by atoms with Gasteiger partial charge >= 0.3 is 5.97 Å². The Kier molecular flexibility index (Phi) is 7.52. The van der Waals surface area contributed by atoms with E-state index in [-0.39, 0.29) is 17.8 Å². The van der Waals surface area contributed by atoms with Gasteiger partial charge < -0.3 is 14.5 Å². The maximum Gasteiger partial charge on any atom is 0.310 e. The van der Waals surface area contributed by atoms with Crippen LogP contribution in [0, 0.1) is 5.92 Å². The molecule has 1 unspecified atom stereocenters. The molecular formula is C16H25N3O3. The van der Waals surface area contributed by atoms with E-state index in [2.05, 4.69) is 9.88 Å². The summed E-state index contributed by atoms with van der Waals surface area (Å²) in [4.78, 5) is 31.9. The number of methoxy groups -OCH3 is 1. The van der Waals surface area contributed by atoms with Gasteiger partial charge in [0.05, 0.1) is 13.0 Å². The van der Waals surface area contributed by atoms with Gasteiger partial charge in [-0.1, -0.05) is 6.92 Å². The summed E-state index contributed by atoms with van der Waals surface area (Å²) in [5, 5.41) is 0. The maximum atomic E-state index is 12.6. The molecule has 1 heterocycles. The van der Waals surface area contributed by atoms with Gasteiger partial charge in [-0.3, -0.25) is 14.6 Å². The molecule has 0 saturated carbocycles. The van der Waals surface area contributed by atoms with Crippen molar-refractivity contribution in [2.75, 3.05) is 40.8 Å². The number of pyridine rings is 1. The van der Waals surface area contributed by atoms with Crippen LogP contribution in [0.3, 0.4) is 0 Å². The Bertz CT molecular complexity index is 477. The number of carbonyl (C=O) groups excluding carboxylic acids is 2. The van der Waals surface area contributed by atoms with Crippen molar-refractivity contribution in [1.82, 2.24) is 14.8 Å². The van der Waals surface area contributed by atoms with Crippen molar-refractivity contribution in [1.29, 1.82) is 0 Å². The van der Waals surface area contributed by atoms with E-state index in [0.717, 1.165) is 13.0 Å². The van der Waals surface area contributed by atoms with Crippen molar-refractivity contribution in [3.8, 4) is 0 Å². The van der Waals surface area contributed by atoms with Crippen LogP contribution >= 0.6 is 0 Å². The normalized spacial score (nSPS) is 12.0. The fraction of sp³-hybridized carbons (Fsp3) is 0.562. The molecule has 0 aromatic carbocycles. The molecule has 0 aliphatic carbocycles. The van der Waals surface area contributed by atoms with Gasteiger partial charge in [0.1, 0.15) is 0 Å². The summed E-state index contributed by atoms with van der Waals surface area (Å²) in [6, 6.07) is 3.37. The Balaban J connectivity index is 2.76. The van der Waals surface area contributed by atoms with Crippen LogP contribution in [0.25, 0.3) is 0 Å². The lowest BCUT2D eigenvalue weighted by Crippen LogP contribution is -2.38. The van der Waals surface area contributed by atoms with E-state index in [1.165, 1.54) is 7.11 Å². The van der Waals surface area contributed by atoms with Gasteiger partial charge in [-0.05, 0) is 39.2 Å². The number of rotatable bonds is 8. The summed E-state index contributed by atoms with van der Waals surface area (Å²) in [6.45, 7) is 3.60. The molecule has 1 amide bonds. The molecule has 0 aliphatic rings. The van der Waals surface area contributed by atoms with Crippen molar-refractivity contribution in [2.24, 2.45) is 5.92 Å². The zero-order chi connectivity index (χ0) is 16.5. The summed E-state index contributed by atoms with van der Waals surface area (Å²) in [7, 11) is 5.35. The van der Waals surface area contributed by atoms with E-state index in [0.29, 0.717) is 18.7 Å². The lowest BCUT2D eigenvalue weighted by Gasteiger charge is -2.25. The molecule has 22 heavy (non-hydrogen) atoms. The van der Waals surface area contributed by atoms with Crippen LogP contribution in [0.2, 0.25) is 0 Å². The van der Waals surface area contributed by atoms with Crippen molar-refractivity contribution in [3.63, 3.8) is 0 Å². The Hall–Kier alpha value is -1.95. The Morgan fingerprint density at radius 1 is 1.23 bits per heavy atom. The quantitative estimate of drug-likeness (QED) is 0.677. The largest absolute Gasteiger partial charge is 0.469 e. The van der Waals surface area contributed by atoms with Gasteiger partial charge in [0, 0.05) is 31.0 Å². The number of ether oxygens (including phenoxy) is 1. The molecule has 1 aromatic rings. The van der Waals surface area contributed by atoms with E-state index >= 15 is 0 Å². The molecule has 0 spiro atoms. The second kappa shape index (κ2) is 9.15. The van der Waals surface area contributed by atoms with E-state index in [1.54, 1.807) is 36.4 Å². The summed E-state index contributed by atoms with van der Waals surface area (Å²) >= 11 is 0. The number of nitrogens with zero attached hydrogens (tertiary/aromatic N) is 3. The zero-order valence-corrected chi connectivity index (χ0v) is 13.8. The second-order valence-electron chi connectivity index (χ2n) is 5.57. The fourth-order valence-corrected chi connectivity index (χ4v) is 2.14. The first-order valence-corrected chi connectivity index (χ1v) is 7.37. The second-order valence-corrected chi connectivity index (χ2v) is 5.57. The molecule has 1 aromatic heterocycles. The molecule has 0 bridgehead atoms. The minimum absolute atomic E-state index is 0.0862. The van der Waals surface area contributed by atoms with Crippen LogP contribution in [0.5, 0.6) is 0 Å². The molecule has 0 radical (unpaired) electrons. The van der Waals surface area contributed by atoms with E-state index in [9.17, 15) is 9.59 Å². The van der Waals surface area contributed by atoms with Gasteiger partial charge in [-0.25, -0.2) is 0 Å². The molecule has 122 valence electrons. The first kappa shape index (κ1) is 18.1. The van der Waals surface area contributed by atoms with Crippen LogP contribution in [-0.4, -0.2) is 67.5 Å². The van der Waals surface area contributed by atoms with Crippen LogP contribution in [0.15, 0.2) is 24.5 Å². The molecule has 6 heteroatoms. The summed E-state index contributed by atoms with van der Waals surface area (Å²) < 4.78 is 4.75. The lowest BCUT2D eigenvalue weighted by atomic mass is 10.1. The first-order chi connectivity index (χ1) is 10.5. The van der Waals surface area contributed by atoms with E-state index in [1.807, 2.05) is 14.1 Å². The molecule has 1 rings (SSSR count). The highest BCUT2D eigenvalue weighted by Gasteiger charge is 2.22. The van der Waals surface area contributed by atoms with Gasteiger partial charge in [0.25, 0.3) is 5.91 Å². The smallest absolute Gasteiger partial charge is 0.310 e. The van der Waals surface area contributed by atoms with Crippen molar-refractivity contribution in [3.05, 3.63) is 30.1 Å². The first-order valence-electron chi connectivity index (χ1n) is 7.37. The number of amides is 1. The third-order valence-corrected chi connectivity index (χ3v) is 3.35. The molecule has 6 nitrogen and oxygen atoms in total. The highest BCUT2D eigenvalue weighted by Crippen LogP contribution is 2.09. The summed E-state index contributed by atoms with van der Waals surface area (Å²) in [5.74, 6) is -0.743. The third kappa shape index (κ3) is 5.81. The lowest BCUT2D eigenvalue weighted by molar-refractivity contribution is -0.145. The highest BCUT2D eigenvalue weighted by molar-refractivity contribution is 5.94. The summed E-state index contributed by atoms with van der Waals surface area (Å²) in [5.41, 5.74) is 0.580. The minimum Gasteiger partial charge on any atom is -0.469 e. The molecule has 0 N–H and O–H groups in total. The van der Waals surface area contributed by atoms with E-state index in [4.69, 9.17) is 4.74 Å². The van der Waals surface area contributed by atoms with Gasteiger partial charge in [0.2, 0.25) is 0 Å². The number of hydrogen-bond donors (Lipinski definition) is 0. The van der Waals surface area contributed by atoms with Gasteiger partial charge in [-0.15, -0.1) is 0 Å². The average Bonchev–Trinajstić information content (AvgIpc) is 2.52. The predicted molar refractivity (Wildman–Crippen MR) is 84.5 cm³/mol. The minimum atomic E-state index is -0.352. The maximum absolute atomic E-state index is 12.6. The van der Waals surface area contributed by atoms with Gasteiger partial charge in [0.15, 0.2) is 0 Å². The number of hydrogen-bond acceptors (Lipinski definition) is 5. The van der Waals surface area contributed by atoms with Crippen LogP contribution in [0.4, 0.5) is 0 Å². The van der Waals surface area contributed by atoms with E-state index < -0.39 is 0 Å². The van der Waals surface area contributed by atoms with Crippen LogP contribution in [-0.2, 0) is 9.53 Å². The average molecular weight is 307 g/mol. The third-order valence-electron chi connectivity index (χ3n) is 3.35. The van der Waals surface area contributed by atoms with Crippen LogP contribution < -0.4 is 0 Å². The standard InChI is InChI=1S/C16H25N3O3/c1-13(16(21)22-4)12-19(11-5-10-18(2)3)15(20)14-6-8-17-9-7-14/h6-9,13H,5,10-12H2,1-4H3. The van der Waals surface area contributed by atoms with Crippen molar-refractivity contribution < 1.29 is 14.3 Å². The van der Waals surface area contributed by atoms with Crippen LogP contribution in [0.1, 0.15) is 23.7 Å². The molecule has 0 fully saturated rings. The Morgan fingerprint density at radius 2 is 1.86 bits per heavy atom. The molecular weight excluding hydrogens is 282 g/mol. The topological polar surface area (TPSA) is 62.7 Å². The molecule has 0 aliphatic heterocycles. The fourth-order valence-electron chi connectivity index (χ4n) is 2.14. The molecule has 1 atom stereocenters. The number of esters is 1. The Labute approximate surface area is 132 Å². The molecule has 0 saturated heterocycles. The predicted octanol–water partition coefficient (Wildman–Crippen LogP) is 1.28. The van der Waals surface area contributed by atoms with Crippen molar-refractivity contribution >= 4 is 11.9 Å². The highest BCUT2D eigenvalue weighted by atomic mass is 16.5. The monoisotopic (exact) mass is 307 g/mol. The SMILES string of the molecule is COC(=O)C(C)CN(CCCN(C)C)C(=O)c1ccncc1. The van der Waals surface area contributed by atoms with Gasteiger partial charge in [-0.2, -0.15) is 0 Å². The van der Waals surface area contributed by atoms with Crippen molar-refractivity contribution in [2.45, 2.75) is 13.3 Å². The number of carbonyl (C=O) groups is 2.